The fraction of sp³-hybridized carbons (Fsp3) is 0.182. The van der Waals surface area contributed by atoms with Crippen molar-refractivity contribution >= 4 is 33.7 Å². The zero-order chi connectivity index (χ0) is 11.1. The van der Waals surface area contributed by atoms with E-state index in [1.165, 1.54) is 0 Å². The molecule has 2 aromatic heterocycles. The summed E-state index contributed by atoms with van der Waals surface area (Å²) >= 11 is 1.63. The molecule has 3 aromatic rings. The van der Waals surface area contributed by atoms with Crippen molar-refractivity contribution in [1.82, 2.24) is 19.5 Å². The minimum absolute atomic E-state index is 0.968. The predicted octanol–water partition coefficient (Wildman–Crippen LogP) is 2.24. The van der Waals surface area contributed by atoms with Gasteiger partial charge in [0.1, 0.15) is 11.4 Å². The molecule has 5 heteroatoms. The van der Waals surface area contributed by atoms with E-state index in [1.807, 2.05) is 24.2 Å². The van der Waals surface area contributed by atoms with Crippen LogP contribution in [0.4, 0.5) is 0 Å². The molecule has 0 amide bonds. The Kier molecular flexibility index (Phi) is 2.07. The molecule has 0 saturated carbocycles. The molecule has 4 nitrogen and oxygen atoms in total. The lowest BCUT2D eigenvalue weighted by Gasteiger charge is -2.02. The SMILES string of the molecule is CSc1ncnc2cc3c(cc12)ncn3C. The van der Waals surface area contributed by atoms with Crippen molar-refractivity contribution in [2.45, 2.75) is 5.03 Å². The van der Waals surface area contributed by atoms with Crippen LogP contribution < -0.4 is 0 Å². The lowest BCUT2D eigenvalue weighted by atomic mass is 10.2. The highest BCUT2D eigenvalue weighted by Crippen LogP contribution is 2.26. The van der Waals surface area contributed by atoms with E-state index in [9.17, 15) is 0 Å². The first-order chi connectivity index (χ1) is 7.79. The number of rotatable bonds is 1. The van der Waals surface area contributed by atoms with Gasteiger partial charge in [-0.3, -0.25) is 0 Å². The predicted molar refractivity (Wildman–Crippen MR) is 65.6 cm³/mol. The summed E-state index contributed by atoms with van der Waals surface area (Å²) in [5, 5.41) is 2.07. The molecule has 16 heavy (non-hydrogen) atoms. The fourth-order valence-corrected chi connectivity index (χ4v) is 2.35. The van der Waals surface area contributed by atoms with Crippen molar-refractivity contribution in [3.05, 3.63) is 24.8 Å². The molecule has 0 aliphatic rings. The molecule has 0 aliphatic heterocycles. The van der Waals surface area contributed by atoms with Crippen LogP contribution in [0, 0.1) is 0 Å². The Morgan fingerprint density at radius 1 is 1.12 bits per heavy atom. The van der Waals surface area contributed by atoms with Crippen LogP contribution in [-0.4, -0.2) is 25.8 Å². The van der Waals surface area contributed by atoms with Gasteiger partial charge in [-0.25, -0.2) is 15.0 Å². The number of hydrogen-bond donors (Lipinski definition) is 0. The normalized spacial score (nSPS) is 11.4. The second-order valence-corrected chi connectivity index (χ2v) is 4.39. The summed E-state index contributed by atoms with van der Waals surface area (Å²) in [6, 6.07) is 4.11. The Morgan fingerprint density at radius 3 is 2.81 bits per heavy atom. The van der Waals surface area contributed by atoms with Crippen LogP contribution in [0.1, 0.15) is 0 Å². The minimum Gasteiger partial charge on any atom is -0.334 e. The quantitative estimate of drug-likeness (QED) is 0.475. The van der Waals surface area contributed by atoms with Crippen molar-refractivity contribution in [2.75, 3.05) is 6.26 Å². The van der Waals surface area contributed by atoms with E-state index in [4.69, 9.17) is 0 Å². The Bertz CT molecular complexity index is 674. The summed E-state index contributed by atoms with van der Waals surface area (Å²) in [5.74, 6) is 0. The van der Waals surface area contributed by atoms with E-state index in [1.54, 1.807) is 18.1 Å². The van der Waals surface area contributed by atoms with E-state index >= 15 is 0 Å². The summed E-state index contributed by atoms with van der Waals surface area (Å²) in [6.45, 7) is 0. The van der Waals surface area contributed by atoms with Gasteiger partial charge in [-0.05, 0) is 18.4 Å². The van der Waals surface area contributed by atoms with Gasteiger partial charge in [0.25, 0.3) is 0 Å². The molecular weight excluding hydrogens is 220 g/mol. The maximum absolute atomic E-state index is 4.34. The zero-order valence-electron chi connectivity index (χ0n) is 9.01. The first kappa shape index (κ1) is 9.59. The Hall–Kier alpha value is -1.62. The standard InChI is InChI=1S/C11H10N4S/c1-15-6-14-9-3-7-8(4-10(9)15)12-5-13-11(7)16-2/h3-6H,1-2H3. The number of imidazole rings is 1. The third kappa shape index (κ3) is 1.28. The molecule has 3 rings (SSSR count). The van der Waals surface area contributed by atoms with E-state index in [0.29, 0.717) is 0 Å². The molecule has 0 atom stereocenters. The highest BCUT2D eigenvalue weighted by atomic mass is 32.2. The summed E-state index contributed by atoms with van der Waals surface area (Å²) in [7, 11) is 1.98. The number of benzene rings is 1. The van der Waals surface area contributed by atoms with Gasteiger partial charge in [-0.2, -0.15) is 0 Å². The van der Waals surface area contributed by atoms with Crippen molar-refractivity contribution in [2.24, 2.45) is 7.05 Å². The fourth-order valence-electron chi connectivity index (χ4n) is 1.82. The van der Waals surface area contributed by atoms with E-state index in [-0.39, 0.29) is 0 Å². The topological polar surface area (TPSA) is 43.6 Å². The molecule has 0 aliphatic carbocycles. The largest absolute Gasteiger partial charge is 0.334 e. The Balaban J connectivity index is 2.47. The molecule has 0 fully saturated rings. The van der Waals surface area contributed by atoms with Gasteiger partial charge >= 0.3 is 0 Å². The second-order valence-electron chi connectivity index (χ2n) is 3.60. The van der Waals surface area contributed by atoms with Gasteiger partial charge in [-0.1, -0.05) is 0 Å². The van der Waals surface area contributed by atoms with Crippen LogP contribution >= 0.6 is 11.8 Å². The number of aromatic nitrogens is 4. The molecule has 0 saturated heterocycles. The molecule has 0 spiro atoms. The van der Waals surface area contributed by atoms with Crippen LogP contribution in [0.2, 0.25) is 0 Å². The first-order valence-corrected chi connectivity index (χ1v) is 6.12. The van der Waals surface area contributed by atoms with Crippen LogP contribution in [-0.2, 0) is 7.05 Å². The lowest BCUT2D eigenvalue weighted by Crippen LogP contribution is -1.88. The first-order valence-electron chi connectivity index (χ1n) is 4.89. The van der Waals surface area contributed by atoms with Crippen molar-refractivity contribution in [3.8, 4) is 0 Å². The van der Waals surface area contributed by atoms with Gasteiger partial charge in [-0.15, -0.1) is 11.8 Å². The molecule has 2 heterocycles. The van der Waals surface area contributed by atoms with Crippen molar-refractivity contribution in [3.63, 3.8) is 0 Å². The molecule has 1 aromatic carbocycles. The molecular formula is C11H10N4S. The van der Waals surface area contributed by atoms with E-state index in [0.717, 1.165) is 27.0 Å². The van der Waals surface area contributed by atoms with Gasteiger partial charge in [0.2, 0.25) is 0 Å². The summed E-state index contributed by atoms with van der Waals surface area (Å²) < 4.78 is 2.00. The summed E-state index contributed by atoms with van der Waals surface area (Å²) in [4.78, 5) is 12.9. The van der Waals surface area contributed by atoms with E-state index < -0.39 is 0 Å². The molecule has 0 N–H and O–H groups in total. The molecule has 80 valence electrons. The van der Waals surface area contributed by atoms with Crippen LogP contribution in [0.5, 0.6) is 0 Å². The lowest BCUT2D eigenvalue weighted by molar-refractivity contribution is 0.948. The smallest absolute Gasteiger partial charge is 0.117 e. The molecule has 0 unspecified atom stereocenters. The summed E-state index contributed by atoms with van der Waals surface area (Å²) in [5.41, 5.74) is 3.05. The van der Waals surface area contributed by atoms with Crippen molar-refractivity contribution < 1.29 is 0 Å². The Morgan fingerprint density at radius 2 is 2.00 bits per heavy atom. The third-order valence-electron chi connectivity index (χ3n) is 2.64. The van der Waals surface area contributed by atoms with Gasteiger partial charge in [0, 0.05) is 12.4 Å². The Labute approximate surface area is 96.7 Å². The second kappa shape index (κ2) is 3.45. The molecule has 0 bridgehead atoms. The van der Waals surface area contributed by atoms with Crippen LogP contribution in [0.25, 0.3) is 21.9 Å². The maximum atomic E-state index is 4.34. The number of thioether (sulfide) groups is 1. The third-order valence-corrected chi connectivity index (χ3v) is 3.35. The molecule has 0 radical (unpaired) electrons. The van der Waals surface area contributed by atoms with Crippen LogP contribution in [0.3, 0.4) is 0 Å². The number of hydrogen-bond acceptors (Lipinski definition) is 4. The highest BCUT2D eigenvalue weighted by Gasteiger charge is 2.07. The van der Waals surface area contributed by atoms with Gasteiger partial charge in [0.15, 0.2) is 0 Å². The highest BCUT2D eigenvalue weighted by molar-refractivity contribution is 7.98. The van der Waals surface area contributed by atoms with Gasteiger partial charge in [0.05, 0.1) is 22.9 Å². The van der Waals surface area contributed by atoms with Crippen LogP contribution in [0.15, 0.2) is 29.8 Å². The van der Waals surface area contributed by atoms with Gasteiger partial charge < -0.3 is 4.57 Å². The average Bonchev–Trinajstić information content (AvgIpc) is 2.67. The zero-order valence-corrected chi connectivity index (χ0v) is 9.82. The number of fused-ring (bicyclic) bond motifs is 2. The number of nitrogens with zero attached hydrogens (tertiary/aromatic N) is 4. The van der Waals surface area contributed by atoms with Crippen molar-refractivity contribution in [1.29, 1.82) is 0 Å². The maximum Gasteiger partial charge on any atom is 0.117 e. The summed E-state index contributed by atoms with van der Waals surface area (Å²) in [6.07, 6.45) is 5.44. The average molecular weight is 230 g/mol. The number of aryl methyl sites for hydroxylation is 1. The minimum atomic E-state index is 0.968. The van der Waals surface area contributed by atoms with E-state index in [2.05, 4.69) is 27.1 Å². The monoisotopic (exact) mass is 230 g/mol.